The predicted molar refractivity (Wildman–Crippen MR) is 119 cm³/mol. The Morgan fingerprint density at radius 1 is 1.03 bits per heavy atom. The van der Waals surface area contributed by atoms with E-state index in [1.54, 1.807) is 49.4 Å². The number of carbonyl (C=O) groups excluding carboxylic acids is 1. The summed E-state index contributed by atoms with van der Waals surface area (Å²) in [5, 5.41) is 23.2. The Hall–Kier alpha value is -3.32. The molecule has 0 aliphatic heterocycles. The molecule has 0 saturated heterocycles. The van der Waals surface area contributed by atoms with E-state index in [1.807, 2.05) is 12.1 Å². The molecule has 0 unspecified atom stereocenters. The van der Waals surface area contributed by atoms with Gasteiger partial charge < -0.3 is 14.9 Å². The summed E-state index contributed by atoms with van der Waals surface area (Å²) in [6.45, 7) is 1.76. The van der Waals surface area contributed by atoms with Gasteiger partial charge in [-0.05, 0) is 35.7 Å². The molecule has 3 aromatic carbocycles. The van der Waals surface area contributed by atoms with Crippen LogP contribution in [-0.4, -0.2) is 22.3 Å². The molecule has 0 spiro atoms. The number of carboxylic acid groups (broad SMARTS) is 1. The number of aliphatic carboxylic acids is 1. The van der Waals surface area contributed by atoms with Gasteiger partial charge in [0.2, 0.25) is 0 Å². The van der Waals surface area contributed by atoms with Gasteiger partial charge in [-0.1, -0.05) is 59.3 Å². The van der Waals surface area contributed by atoms with E-state index in [0.29, 0.717) is 16.6 Å². The minimum Gasteiger partial charge on any atom is -0.507 e. The molecule has 0 aromatic heterocycles. The van der Waals surface area contributed by atoms with Crippen LogP contribution in [0.3, 0.4) is 0 Å². The number of nitrogens with one attached hydrogen (secondary N) is 1. The van der Waals surface area contributed by atoms with E-state index in [-0.39, 0.29) is 5.75 Å². The molecule has 0 radical (unpaired) electrons. The Bertz CT molecular complexity index is 1090. The van der Waals surface area contributed by atoms with Crippen LogP contribution >= 0.6 is 15.9 Å². The quantitative estimate of drug-likeness (QED) is 0.392. The number of benzene rings is 3. The number of carbonyl (C=O) groups is 2. The zero-order chi connectivity index (χ0) is 21.7. The maximum absolute atomic E-state index is 12.6. The van der Waals surface area contributed by atoms with Gasteiger partial charge in [0.1, 0.15) is 11.9 Å². The molecule has 7 heteroatoms. The number of phenols is 1. The summed E-state index contributed by atoms with van der Waals surface area (Å²) in [7, 11) is 0. The van der Waals surface area contributed by atoms with Crippen molar-refractivity contribution in [3.63, 3.8) is 0 Å². The van der Waals surface area contributed by atoms with Crippen LogP contribution < -0.4 is 5.32 Å². The number of carboxylic acids is 1. The first kappa shape index (κ1) is 21.4. The topological polar surface area (TPSA) is 95.9 Å². The van der Waals surface area contributed by atoms with E-state index in [0.717, 1.165) is 15.9 Å². The molecular weight excluding hydrogens is 450 g/mol. The van der Waals surface area contributed by atoms with Crippen molar-refractivity contribution in [2.45, 2.75) is 13.0 Å². The Balaban J connectivity index is 1.95. The van der Waals surface area contributed by atoms with Gasteiger partial charge in [0, 0.05) is 33.1 Å². The number of hydrogen-bond donors (Lipinski definition) is 3. The summed E-state index contributed by atoms with van der Waals surface area (Å²) in [6, 6.07) is 17.5. The summed E-state index contributed by atoms with van der Waals surface area (Å²) in [4.78, 5) is 23.6. The Labute approximate surface area is 181 Å². The van der Waals surface area contributed by atoms with Gasteiger partial charge >= 0.3 is 12.1 Å². The lowest BCUT2D eigenvalue weighted by Gasteiger charge is -2.24. The van der Waals surface area contributed by atoms with Crippen LogP contribution in [-0.2, 0) is 9.53 Å². The monoisotopic (exact) mass is 469 g/mol. The van der Waals surface area contributed by atoms with Crippen LogP contribution in [0.5, 0.6) is 5.75 Å². The first-order valence-electron chi connectivity index (χ1n) is 9.20. The van der Waals surface area contributed by atoms with Crippen molar-refractivity contribution in [2.75, 3.05) is 5.32 Å². The zero-order valence-electron chi connectivity index (χ0n) is 16.1. The summed E-state index contributed by atoms with van der Waals surface area (Å²) in [5.41, 5.74) is 1.23. The third-order valence-electron chi connectivity index (χ3n) is 4.59. The summed E-state index contributed by atoms with van der Waals surface area (Å²) >= 11 is 3.34. The SMILES string of the molecule is C[C@@H](/C=C/C(=O)O)[C@@H](OC(=O)Nc1ccc(Br)cc1)c1ccc(O)c2ccccc12. The molecular formula is C23H20BrNO5. The lowest BCUT2D eigenvalue weighted by Crippen LogP contribution is -2.21. The fourth-order valence-electron chi connectivity index (χ4n) is 3.14. The average molecular weight is 470 g/mol. The number of ether oxygens (including phenoxy) is 1. The van der Waals surface area contributed by atoms with Crippen molar-refractivity contribution in [1.82, 2.24) is 0 Å². The number of anilines is 1. The van der Waals surface area contributed by atoms with Crippen LogP contribution in [0.4, 0.5) is 10.5 Å². The molecule has 0 aliphatic carbocycles. The summed E-state index contributed by atoms with van der Waals surface area (Å²) < 4.78 is 6.60. The average Bonchev–Trinajstić information content (AvgIpc) is 2.73. The van der Waals surface area contributed by atoms with Crippen molar-refractivity contribution >= 4 is 44.5 Å². The molecule has 0 fully saturated rings. The minimum atomic E-state index is -1.09. The lowest BCUT2D eigenvalue weighted by molar-refractivity contribution is -0.131. The molecule has 3 rings (SSSR count). The number of halogens is 1. The van der Waals surface area contributed by atoms with Gasteiger partial charge in [0.05, 0.1) is 0 Å². The molecule has 1 amide bonds. The number of phenolic OH excluding ortho intramolecular Hbond substituents is 1. The third-order valence-corrected chi connectivity index (χ3v) is 5.11. The van der Waals surface area contributed by atoms with Crippen LogP contribution in [0.1, 0.15) is 18.6 Å². The first-order valence-corrected chi connectivity index (χ1v) is 9.99. The van der Waals surface area contributed by atoms with Crippen LogP contribution in [0, 0.1) is 5.92 Å². The predicted octanol–water partition coefficient (Wildman–Crippen LogP) is 5.87. The Kier molecular flexibility index (Phi) is 6.74. The third kappa shape index (κ3) is 5.18. The Morgan fingerprint density at radius 2 is 1.70 bits per heavy atom. The van der Waals surface area contributed by atoms with Crippen LogP contribution in [0.25, 0.3) is 10.8 Å². The molecule has 3 aromatic rings. The van der Waals surface area contributed by atoms with E-state index < -0.39 is 24.1 Å². The fraction of sp³-hybridized carbons (Fsp3) is 0.130. The maximum atomic E-state index is 12.6. The van der Waals surface area contributed by atoms with Crippen molar-refractivity contribution in [3.8, 4) is 5.75 Å². The molecule has 0 aliphatic rings. The molecule has 0 bridgehead atoms. The van der Waals surface area contributed by atoms with Crippen LogP contribution in [0.15, 0.2) is 77.3 Å². The summed E-state index contributed by atoms with van der Waals surface area (Å²) in [5.74, 6) is -1.42. The molecule has 0 saturated carbocycles. The van der Waals surface area contributed by atoms with Gasteiger partial charge in [-0.25, -0.2) is 9.59 Å². The molecule has 2 atom stereocenters. The Morgan fingerprint density at radius 3 is 2.37 bits per heavy atom. The minimum absolute atomic E-state index is 0.112. The number of aromatic hydroxyl groups is 1. The molecule has 30 heavy (non-hydrogen) atoms. The second-order valence-electron chi connectivity index (χ2n) is 6.73. The van der Waals surface area contributed by atoms with E-state index in [9.17, 15) is 14.7 Å². The van der Waals surface area contributed by atoms with E-state index >= 15 is 0 Å². The van der Waals surface area contributed by atoms with E-state index in [1.165, 1.54) is 12.1 Å². The molecule has 6 nitrogen and oxygen atoms in total. The van der Waals surface area contributed by atoms with E-state index in [2.05, 4.69) is 21.2 Å². The zero-order valence-corrected chi connectivity index (χ0v) is 17.7. The number of amides is 1. The first-order chi connectivity index (χ1) is 14.3. The van der Waals surface area contributed by atoms with E-state index in [4.69, 9.17) is 9.84 Å². The van der Waals surface area contributed by atoms with Crippen molar-refractivity contribution in [3.05, 3.63) is 82.9 Å². The van der Waals surface area contributed by atoms with Gasteiger partial charge in [-0.2, -0.15) is 0 Å². The van der Waals surface area contributed by atoms with Gasteiger partial charge in [0.15, 0.2) is 0 Å². The highest BCUT2D eigenvalue weighted by molar-refractivity contribution is 9.10. The van der Waals surface area contributed by atoms with Crippen LogP contribution in [0.2, 0.25) is 0 Å². The molecule has 3 N–H and O–H groups in total. The van der Waals surface area contributed by atoms with Gasteiger partial charge in [-0.3, -0.25) is 5.32 Å². The van der Waals surface area contributed by atoms with Gasteiger partial charge in [-0.15, -0.1) is 0 Å². The largest absolute Gasteiger partial charge is 0.507 e. The highest BCUT2D eigenvalue weighted by Crippen LogP contribution is 2.36. The van der Waals surface area contributed by atoms with Crippen molar-refractivity contribution in [2.24, 2.45) is 5.92 Å². The highest BCUT2D eigenvalue weighted by atomic mass is 79.9. The van der Waals surface area contributed by atoms with Crippen molar-refractivity contribution in [1.29, 1.82) is 0 Å². The second kappa shape index (κ2) is 9.45. The molecule has 0 heterocycles. The normalized spacial score (nSPS) is 13.1. The fourth-order valence-corrected chi connectivity index (χ4v) is 3.40. The van der Waals surface area contributed by atoms with Gasteiger partial charge in [0.25, 0.3) is 0 Å². The van der Waals surface area contributed by atoms with Crippen molar-refractivity contribution < 1.29 is 24.5 Å². The lowest BCUT2D eigenvalue weighted by atomic mass is 9.92. The standard InChI is InChI=1S/C23H20BrNO5/c1-14(6-13-21(27)28)22(30-23(29)25-16-9-7-15(24)8-10-16)19-11-12-20(26)18-5-3-2-4-17(18)19/h2-14,22,26H,1H3,(H,25,29)(H,27,28)/b13-6+/t14-,22+/m0/s1. The maximum Gasteiger partial charge on any atom is 0.412 e. The highest BCUT2D eigenvalue weighted by Gasteiger charge is 2.25. The summed E-state index contributed by atoms with van der Waals surface area (Å²) in [6.07, 6.45) is 1.05. The number of hydrogen-bond acceptors (Lipinski definition) is 4. The number of fused-ring (bicyclic) bond motifs is 1. The molecule has 154 valence electrons. The number of rotatable bonds is 6. The smallest absolute Gasteiger partial charge is 0.412 e. The second-order valence-corrected chi connectivity index (χ2v) is 7.65.